The van der Waals surface area contributed by atoms with E-state index < -0.39 is 0 Å². The van der Waals surface area contributed by atoms with E-state index in [0.717, 1.165) is 38.3 Å². The first-order chi connectivity index (χ1) is 10.3. The van der Waals surface area contributed by atoms with Gasteiger partial charge in [-0.3, -0.25) is 0 Å². The van der Waals surface area contributed by atoms with Crippen molar-refractivity contribution in [1.29, 1.82) is 0 Å². The van der Waals surface area contributed by atoms with Crippen LogP contribution in [-0.4, -0.2) is 37.6 Å². The van der Waals surface area contributed by atoms with Crippen LogP contribution in [0, 0.1) is 11.8 Å². The normalized spacial score (nSPS) is 41.1. The topological polar surface area (TPSA) is 34.3 Å². The maximum absolute atomic E-state index is 6.14. The van der Waals surface area contributed by atoms with E-state index in [4.69, 9.17) is 14.2 Å². The SMILES string of the molecule is C1CCC(C2(COCC3(C4CCCCC4)CO3)CO2)CC1. The third-order valence-electron chi connectivity index (χ3n) is 6.42. The first-order valence-corrected chi connectivity index (χ1v) is 9.19. The molecule has 4 fully saturated rings. The Bertz CT molecular complexity index is 313. The second kappa shape index (κ2) is 5.82. The fourth-order valence-corrected chi connectivity index (χ4v) is 4.71. The van der Waals surface area contributed by atoms with E-state index >= 15 is 0 Å². The Morgan fingerprint density at radius 2 is 1.05 bits per heavy atom. The Kier molecular flexibility index (Phi) is 4.01. The van der Waals surface area contributed by atoms with Gasteiger partial charge in [0.15, 0.2) is 0 Å². The molecule has 21 heavy (non-hydrogen) atoms. The van der Waals surface area contributed by atoms with E-state index in [-0.39, 0.29) is 11.2 Å². The number of hydrogen-bond acceptors (Lipinski definition) is 3. The van der Waals surface area contributed by atoms with Crippen LogP contribution in [0.4, 0.5) is 0 Å². The second-order valence-corrected chi connectivity index (χ2v) is 7.87. The molecule has 0 N–H and O–H groups in total. The van der Waals surface area contributed by atoms with Gasteiger partial charge in [-0.15, -0.1) is 0 Å². The first kappa shape index (κ1) is 14.5. The van der Waals surface area contributed by atoms with Crippen molar-refractivity contribution in [2.75, 3.05) is 26.4 Å². The standard InChI is InChI=1S/C18H30O3/c1-3-7-15(8-4-1)17(13-20-17)11-19-12-18(14-21-18)16-9-5-2-6-10-16/h15-16H,1-14H2. The Hall–Kier alpha value is -0.120. The molecule has 3 heteroatoms. The molecule has 0 amide bonds. The lowest BCUT2D eigenvalue weighted by Gasteiger charge is -2.30. The maximum atomic E-state index is 6.14. The minimum Gasteiger partial charge on any atom is -0.375 e. The summed E-state index contributed by atoms with van der Waals surface area (Å²) in [5, 5.41) is 0. The van der Waals surface area contributed by atoms with Crippen molar-refractivity contribution < 1.29 is 14.2 Å². The molecule has 2 aliphatic heterocycles. The molecule has 0 aromatic rings. The van der Waals surface area contributed by atoms with Crippen molar-refractivity contribution >= 4 is 0 Å². The van der Waals surface area contributed by atoms with Gasteiger partial charge in [0.1, 0.15) is 11.2 Å². The van der Waals surface area contributed by atoms with Gasteiger partial charge in [-0.05, 0) is 37.5 Å². The van der Waals surface area contributed by atoms with Gasteiger partial charge in [-0.25, -0.2) is 0 Å². The quantitative estimate of drug-likeness (QED) is 0.700. The van der Waals surface area contributed by atoms with E-state index in [0.29, 0.717) is 0 Å². The molecule has 0 spiro atoms. The largest absolute Gasteiger partial charge is 0.375 e. The van der Waals surface area contributed by atoms with E-state index in [2.05, 4.69) is 0 Å². The van der Waals surface area contributed by atoms with Gasteiger partial charge >= 0.3 is 0 Å². The summed E-state index contributed by atoms with van der Waals surface area (Å²) in [6.07, 6.45) is 13.7. The van der Waals surface area contributed by atoms with E-state index in [1.807, 2.05) is 0 Å². The first-order valence-electron chi connectivity index (χ1n) is 9.19. The Morgan fingerprint density at radius 1 is 0.667 bits per heavy atom. The summed E-state index contributed by atoms with van der Waals surface area (Å²) in [5.74, 6) is 1.49. The van der Waals surface area contributed by atoms with Crippen LogP contribution in [0.1, 0.15) is 64.2 Å². The average molecular weight is 294 g/mol. The molecular weight excluding hydrogens is 264 g/mol. The molecular formula is C18H30O3. The third-order valence-corrected chi connectivity index (χ3v) is 6.42. The summed E-state index contributed by atoms with van der Waals surface area (Å²) >= 11 is 0. The van der Waals surface area contributed by atoms with Crippen molar-refractivity contribution in [3.05, 3.63) is 0 Å². The van der Waals surface area contributed by atoms with Gasteiger partial charge in [0, 0.05) is 0 Å². The number of epoxide rings is 2. The van der Waals surface area contributed by atoms with Gasteiger partial charge in [-0.1, -0.05) is 38.5 Å². The monoisotopic (exact) mass is 294 g/mol. The summed E-state index contributed by atoms with van der Waals surface area (Å²) in [6, 6.07) is 0. The zero-order valence-electron chi connectivity index (χ0n) is 13.3. The number of rotatable bonds is 6. The highest BCUT2D eigenvalue weighted by molar-refractivity contribution is 5.02. The summed E-state index contributed by atoms with van der Waals surface area (Å²) in [5.41, 5.74) is 0.173. The molecule has 2 unspecified atom stereocenters. The molecule has 4 aliphatic rings. The highest BCUT2D eigenvalue weighted by Gasteiger charge is 2.54. The third kappa shape index (κ3) is 3.02. The lowest BCUT2D eigenvalue weighted by Crippen LogP contribution is -2.36. The molecule has 2 heterocycles. The fraction of sp³-hybridized carbons (Fsp3) is 1.00. The van der Waals surface area contributed by atoms with E-state index in [1.165, 1.54) is 64.2 Å². The zero-order chi connectivity index (χ0) is 14.2. The van der Waals surface area contributed by atoms with Crippen LogP contribution < -0.4 is 0 Å². The van der Waals surface area contributed by atoms with Crippen molar-refractivity contribution in [2.24, 2.45) is 11.8 Å². The van der Waals surface area contributed by atoms with Gasteiger partial charge in [0.05, 0.1) is 26.4 Å². The molecule has 2 atom stereocenters. The van der Waals surface area contributed by atoms with Crippen molar-refractivity contribution in [3.63, 3.8) is 0 Å². The molecule has 0 aromatic carbocycles. The number of ether oxygens (including phenoxy) is 3. The highest BCUT2D eigenvalue weighted by atomic mass is 16.6. The van der Waals surface area contributed by atoms with Gasteiger partial charge in [-0.2, -0.15) is 0 Å². The summed E-state index contributed by atoms with van der Waals surface area (Å²) in [6.45, 7) is 3.45. The molecule has 120 valence electrons. The molecule has 2 saturated heterocycles. The van der Waals surface area contributed by atoms with Crippen molar-refractivity contribution in [3.8, 4) is 0 Å². The van der Waals surface area contributed by atoms with Gasteiger partial charge in [0.2, 0.25) is 0 Å². The molecule has 2 aliphatic carbocycles. The lowest BCUT2D eigenvalue weighted by molar-refractivity contribution is -0.00127. The van der Waals surface area contributed by atoms with Crippen LogP contribution in [0.3, 0.4) is 0 Å². The lowest BCUT2D eigenvalue weighted by atomic mass is 9.80. The number of hydrogen-bond donors (Lipinski definition) is 0. The fourth-order valence-electron chi connectivity index (χ4n) is 4.71. The van der Waals surface area contributed by atoms with Gasteiger partial charge in [0.25, 0.3) is 0 Å². The summed E-state index contributed by atoms with van der Waals surface area (Å²) < 4.78 is 17.8. The second-order valence-electron chi connectivity index (χ2n) is 7.87. The smallest absolute Gasteiger partial charge is 0.118 e. The molecule has 3 nitrogen and oxygen atoms in total. The van der Waals surface area contributed by atoms with Crippen LogP contribution in [0.2, 0.25) is 0 Å². The Labute approximate surface area is 128 Å². The summed E-state index contributed by atoms with van der Waals surface area (Å²) in [7, 11) is 0. The Balaban J connectivity index is 1.25. The van der Waals surface area contributed by atoms with Crippen molar-refractivity contribution in [1.82, 2.24) is 0 Å². The molecule has 0 radical (unpaired) electrons. The van der Waals surface area contributed by atoms with Crippen LogP contribution >= 0.6 is 0 Å². The average Bonchev–Trinajstić information content (AvgIpc) is 3.46. The van der Waals surface area contributed by atoms with Crippen LogP contribution in [0.5, 0.6) is 0 Å². The van der Waals surface area contributed by atoms with Crippen LogP contribution in [0.25, 0.3) is 0 Å². The summed E-state index contributed by atoms with van der Waals surface area (Å²) in [4.78, 5) is 0. The highest BCUT2D eigenvalue weighted by Crippen LogP contribution is 2.46. The zero-order valence-corrected chi connectivity index (χ0v) is 13.3. The predicted octanol–water partition coefficient (Wildman–Crippen LogP) is 3.70. The molecule has 0 aromatic heterocycles. The molecule has 2 saturated carbocycles. The molecule has 0 bridgehead atoms. The minimum atomic E-state index is 0.0864. The van der Waals surface area contributed by atoms with E-state index in [1.54, 1.807) is 0 Å². The maximum Gasteiger partial charge on any atom is 0.118 e. The minimum absolute atomic E-state index is 0.0864. The van der Waals surface area contributed by atoms with E-state index in [9.17, 15) is 0 Å². The predicted molar refractivity (Wildman–Crippen MR) is 81.3 cm³/mol. The Morgan fingerprint density at radius 3 is 1.38 bits per heavy atom. The van der Waals surface area contributed by atoms with Crippen molar-refractivity contribution in [2.45, 2.75) is 75.4 Å². The van der Waals surface area contributed by atoms with Gasteiger partial charge < -0.3 is 14.2 Å². The van der Waals surface area contributed by atoms with Crippen LogP contribution in [-0.2, 0) is 14.2 Å². The molecule has 4 rings (SSSR count). The van der Waals surface area contributed by atoms with Crippen LogP contribution in [0.15, 0.2) is 0 Å².